The Kier molecular flexibility index (Phi) is 4.98. The molecule has 7 heteroatoms. The number of halogens is 1. The van der Waals surface area contributed by atoms with E-state index in [0.29, 0.717) is 23.8 Å². The number of carbonyl (C=O) groups is 1. The van der Waals surface area contributed by atoms with Crippen LogP contribution in [-0.4, -0.2) is 46.0 Å². The molecular weight excluding hydrogens is 370 g/mol. The minimum absolute atomic E-state index is 0.0225. The Morgan fingerprint density at radius 1 is 1.42 bits per heavy atom. The molecule has 1 saturated heterocycles. The Morgan fingerprint density at radius 2 is 2.23 bits per heavy atom. The SMILES string of the molecule is CCN(C[C@H]1CCCO1)C(=O)c1csc2nc(-c3ccc(Cl)cc3)cn12. The summed E-state index contributed by atoms with van der Waals surface area (Å²) in [4.78, 5) is 20.4. The molecule has 1 aromatic carbocycles. The second-order valence-electron chi connectivity index (χ2n) is 6.39. The lowest BCUT2D eigenvalue weighted by atomic mass is 10.2. The van der Waals surface area contributed by atoms with E-state index >= 15 is 0 Å². The van der Waals surface area contributed by atoms with E-state index in [-0.39, 0.29) is 12.0 Å². The number of nitrogens with zero attached hydrogens (tertiary/aromatic N) is 3. The summed E-state index contributed by atoms with van der Waals surface area (Å²) in [5.41, 5.74) is 2.47. The lowest BCUT2D eigenvalue weighted by Gasteiger charge is -2.23. The normalized spacial score (nSPS) is 17.1. The monoisotopic (exact) mass is 389 g/mol. The maximum absolute atomic E-state index is 13.0. The molecule has 0 unspecified atom stereocenters. The zero-order valence-corrected chi connectivity index (χ0v) is 16.1. The van der Waals surface area contributed by atoms with E-state index < -0.39 is 0 Å². The number of ether oxygens (including phenoxy) is 1. The van der Waals surface area contributed by atoms with Gasteiger partial charge in [0.25, 0.3) is 5.91 Å². The Balaban J connectivity index is 1.61. The third-order valence-electron chi connectivity index (χ3n) is 4.69. The summed E-state index contributed by atoms with van der Waals surface area (Å²) in [5, 5.41) is 2.58. The van der Waals surface area contributed by atoms with Crippen molar-refractivity contribution in [2.45, 2.75) is 25.9 Å². The van der Waals surface area contributed by atoms with Crippen molar-refractivity contribution in [2.24, 2.45) is 0 Å². The van der Waals surface area contributed by atoms with Gasteiger partial charge in [-0.05, 0) is 31.9 Å². The molecule has 2 aromatic heterocycles. The molecule has 1 atom stereocenters. The van der Waals surface area contributed by atoms with Gasteiger partial charge in [-0.1, -0.05) is 23.7 Å². The average Bonchev–Trinajstić information content (AvgIpc) is 3.36. The van der Waals surface area contributed by atoms with Crippen LogP contribution in [0.3, 0.4) is 0 Å². The number of likely N-dealkylation sites (N-methyl/N-ethyl adjacent to an activating group) is 1. The van der Waals surface area contributed by atoms with Gasteiger partial charge in [-0.2, -0.15) is 0 Å². The van der Waals surface area contributed by atoms with Crippen LogP contribution in [0.4, 0.5) is 0 Å². The Bertz CT molecular complexity index is 913. The highest BCUT2D eigenvalue weighted by Gasteiger charge is 2.24. The highest BCUT2D eigenvalue weighted by atomic mass is 35.5. The second-order valence-corrected chi connectivity index (χ2v) is 7.66. The van der Waals surface area contributed by atoms with E-state index in [4.69, 9.17) is 16.3 Å². The second kappa shape index (κ2) is 7.39. The van der Waals surface area contributed by atoms with Crippen molar-refractivity contribution in [3.8, 4) is 11.3 Å². The largest absolute Gasteiger partial charge is 0.376 e. The molecule has 0 bridgehead atoms. The van der Waals surface area contributed by atoms with Crippen molar-refractivity contribution in [2.75, 3.05) is 19.7 Å². The smallest absolute Gasteiger partial charge is 0.271 e. The number of carbonyl (C=O) groups excluding carboxylic acids is 1. The van der Waals surface area contributed by atoms with Gasteiger partial charge in [0.05, 0.1) is 11.8 Å². The summed E-state index contributed by atoms with van der Waals surface area (Å²) in [6, 6.07) is 7.56. The molecule has 1 aliphatic heterocycles. The van der Waals surface area contributed by atoms with Crippen molar-refractivity contribution in [3.05, 3.63) is 46.6 Å². The first kappa shape index (κ1) is 17.5. The molecule has 26 heavy (non-hydrogen) atoms. The summed E-state index contributed by atoms with van der Waals surface area (Å²) in [6.45, 7) is 4.11. The number of rotatable bonds is 5. The fourth-order valence-corrected chi connectivity index (χ4v) is 4.22. The van der Waals surface area contributed by atoms with Gasteiger partial charge in [-0.3, -0.25) is 9.20 Å². The first-order chi connectivity index (χ1) is 12.7. The maximum atomic E-state index is 13.0. The Labute approximate surface area is 161 Å². The third kappa shape index (κ3) is 3.37. The quantitative estimate of drug-likeness (QED) is 0.651. The maximum Gasteiger partial charge on any atom is 0.271 e. The number of thiazole rings is 1. The number of imidazole rings is 1. The molecule has 0 aliphatic carbocycles. The lowest BCUT2D eigenvalue weighted by molar-refractivity contribution is 0.0534. The van der Waals surface area contributed by atoms with Crippen LogP contribution in [0, 0.1) is 0 Å². The minimum atomic E-state index is 0.0225. The van der Waals surface area contributed by atoms with E-state index in [1.807, 2.05) is 52.1 Å². The van der Waals surface area contributed by atoms with Crippen molar-refractivity contribution < 1.29 is 9.53 Å². The Hall–Kier alpha value is -1.89. The summed E-state index contributed by atoms with van der Waals surface area (Å²) >= 11 is 7.44. The van der Waals surface area contributed by atoms with Gasteiger partial charge in [0, 0.05) is 41.9 Å². The molecular formula is C19H20ClN3O2S. The first-order valence-electron chi connectivity index (χ1n) is 8.79. The van der Waals surface area contributed by atoms with Crippen LogP contribution in [0.15, 0.2) is 35.8 Å². The van der Waals surface area contributed by atoms with Crippen LogP contribution in [0.25, 0.3) is 16.2 Å². The molecule has 0 N–H and O–H groups in total. The van der Waals surface area contributed by atoms with Gasteiger partial charge in [-0.25, -0.2) is 4.98 Å². The van der Waals surface area contributed by atoms with Crippen LogP contribution >= 0.6 is 22.9 Å². The van der Waals surface area contributed by atoms with Gasteiger partial charge in [0.15, 0.2) is 4.96 Å². The van der Waals surface area contributed by atoms with Crippen LogP contribution in [-0.2, 0) is 4.74 Å². The van der Waals surface area contributed by atoms with Crippen LogP contribution < -0.4 is 0 Å². The number of aromatic nitrogens is 2. The van der Waals surface area contributed by atoms with Gasteiger partial charge in [-0.15, -0.1) is 11.3 Å². The molecule has 0 saturated carbocycles. The van der Waals surface area contributed by atoms with Crippen molar-refractivity contribution in [3.63, 3.8) is 0 Å². The van der Waals surface area contributed by atoms with E-state index in [1.54, 1.807) is 0 Å². The van der Waals surface area contributed by atoms with Crippen LogP contribution in [0.1, 0.15) is 30.3 Å². The van der Waals surface area contributed by atoms with Gasteiger partial charge >= 0.3 is 0 Å². The minimum Gasteiger partial charge on any atom is -0.376 e. The molecule has 136 valence electrons. The van der Waals surface area contributed by atoms with E-state index in [9.17, 15) is 4.79 Å². The molecule has 5 nitrogen and oxygen atoms in total. The molecule has 3 heterocycles. The van der Waals surface area contributed by atoms with Gasteiger partial charge < -0.3 is 9.64 Å². The first-order valence-corrected chi connectivity index (χ1v) is 10.0. The molecule has 0 radical (unpaired) electrons. The standard InChI is InChI=1S/C19H20ClN3O2S/c1-2-22(10-15-4-3-9-25-15)18(24)17-12-26-19-21-16(11-23(17)19)13-5-7-14(20)8-6-13/h5-8,11-12,15H,2-4,9-10H2,1H3/t15-/m1/s1. The number of hydrogen-bond donors (Lipinski definition) is 0. The molecule has 1 aliphatic rings. The van der Waals surface area contributed by atoms with Crippen LogP contribution in [0.2, 0.25) is 5.02 Å². The number of fused-ring (bicyclic) bond motifs is 1. The molecule has 1 fully saturated rings. The number of amides is 1. The summed E-state index contributed by atoms with van der Waals surface area (Å²) in [6.07, 6.45) is 4.17. The summed E-state index contributed by atoms with van der Waals surface area (Å²) < 4.78 is 7.57. The van der Waals surface area contributed by atoms with Gasteiger partial charge in [0.2, 0.25) is 0 Å². The third-order valence-corrected chi connectivity index (χ3v) is 5.78. The summed E-state index contributed by atoms with van der Waals surface area (Å²) in [5.74, 6) is 0.0225. The zero-order valence-electron chi connectivity index (χ0n) is 14.5. The highest BCUT2D eigenvalue weighted by Crippen LogP contribution is 2.26. The van der Waals surface area contributed by atoms with Crippen molar-refractivity contribution in [1.29, 1.82) is 0 Å². The highest BCUT2D eigenvalue weighted by molar-refractivity contribution is 7.15. The van der Waals surface area contributed by atoms with E-state index in [1.165, 1.54) is 11.3 Å². The molecule has 3 aromatic rings. The molecule has 1 amide bonds. The van der Waals surface area contributed by atoms with Crippen LogP contribution in [0.5, 0.6) is 0 Å². The van der Waals surface area contributed by atoms with E-state index in [0.717, 1.165) is 35.7 Å². The molecule has 4 rings (SSSR count). The predicted octanol–water partition coefficient (Wildman–Crippen LogP) is 4.36. The van der Waals surface area contributed by atoms with Crippen molar-refractivity contribution in [1.82, 2.24) is 14.3 Å². The topological polar surface area (TPSA) is 46.8 Å². The predicted molar refractivity (Wildman–Crippen MR) is 104 cm³/mol. The number of benzene rings is 1. The fourth-order valence-electron chi connectivity index (χ4n) is 3.25. The average molecular weight is 390 g/mol. The Morgan fingerprint density at radius 3 is 2.92 bits per heavy atom. The zero-order chi connectivity index (χ0) is 18.1. The summed E-state index contributed by atoms with van der Waals surface area (Å²) in [7, 11) is 0. The number of hydrogen-bond acceptors (Lipinski definition) is 4. The molecule has 0 spiro atoms. The fraction of sp³-hybridized carbons (Fsp3) is 0.368. The van der Waals surface area contributed by atoms with Crippen molar-refractivity contribution >= 4 is 33.8 Å². The lowest BCUT2D eigenvalue weighted by Crippen LogP contribution is -2.37. The van der Waals surface area contributed by atoms with E-state index in [2.05, 4.69) is 4.98 Å². The van der Waals surface area contributed by atoms with Gasteiger partial charge in [0.1, 0.15) is 5.69 Å².